The predicted octanol–water partition coefficient (Wildman–Crippen LogP) is 6.17. The second-order valence-corrected chi connectivity index (χ2v) is 6.83. The third-order valence-electron chi connectivity index (χ3n) is 4.77. The molecule has 2 aromatic rings. The Morgan fingerprint density at radius 1 is 0.829 bits per heavy atom. The third kappa shape index (κ3) is 6.62. The van der Waals surface area contributed by atoms with Gasteiger partial charge in [0.1, 0.15) is 5.92 Å². The average molecular weight is 451 g/mol. The number of nitrogens with one attached hydrogen (secondary N) is 1. The molecule has 6 heteroatoms. The Bertz CT molecular complexity index is 1420. The first-order valence-electron chi connectivity index (χ1n) is 10.3. The van der Waals surface area contributed by atoms with Crippen LogP contribution < -0.4 is 0 Å². The van der Waals surface area contributed by atoms with Gasteiger partial charge in [-0.05, 0) is 28.9 Å². The van der Waals surface area contributed by atoms with Crippen molar-refractivity contribution in [2.24, 2.45) is 5.92 Å². The van der Waals surface area contributed by atoms with Crippen LogP contribution in [0.25, 0.3) is 16.0 Å². The fraction of sp³-hybridized carbons (Fsp3) is 0.0345. The highest BCUT2D eigenvalue weighted by molar-refractivity contribution is 5.89. The van der Waals surface area contributed by atoms with Crippen LogP contribution in [0.3, 0.4) is 0 Å². The third-order valence-corrected chi connectivity index (χ3v) is 4.77. The van der Waals surface area contributed by atoms with Gasteiger partial charge in [-0.15, -0.1) is 0 Å². The van der Waals surface area contributed by atoms with Gasteiger partial charge in [0.05, 0.1) is 42.0 Å². The maximum Gasteiger partial charge on any atom is 0.270 e. The molecule has 35 heavy (non-hydrogen) atoms. The zero-order valence-electron chi connectivity index (χ0n) is 18.6. The monoisotopic (exact) mass is 450 g/mol. The number of hydrogen-bond donors (Lipinski definition) is 1. The molecule has 0 radical (unpaired) electrons. The number of nitriles is 4. The lowest BCUT2D eigenvalue weighted by Gasteiger charge is -2.11. The zero-order valence-corrected chi connectivity index (χ0v) is 18.6. The first-order chi connectivity index (χ1) is 17.1. The van der Waals surface area contributed by atoms with Crippen molar-refractivity contribution in [1.82, 2.24) is 0 Å². The molecular weight excluding hydrogens is 432 g/mol. The van der Waals surface area contributed by atoms with Crippen LogP contribution in [0.4, 0.5) is 0 Å². The Balaban J connectivity index is 2.48. The molecule has 0 heterocycles. The maximum absolute atomic E-state index is 9.71. The number of benzene rings is 2. The summed E-state index contributed by atoms with van der Waals surface area (Å²) in [4.78, 5) is 3.26. The van der Waals surface area contributed by atoms with Crippen LogP contribution in [0.1, 0.15) is 11.1 Å². The normalized spacial score (nSPS) is 13.3. The van der Waals surface area contributed by atoms with E-state index < -0.39 is 5.92 Å². The number of nitrogens with zero attached hydrogens (tertiary/aromatic N) is 5. The van der Waals surface area contributed by atoms with Gasteiger partial charge in [-0.3, -0.25) is 0 Å². The maximum atomic E-state index is 9.71. The van der Waals surface area contributed by atoms with Crippen LogP contribution in [-0.2, 0) is 0 Å². The topological polar surface area (TPSA) is 123 Å². The Hall–Kier alpha value is -5.74. The van der Waals surface area contributed by atoms with Gasteiger partial charge in [-0.1, -0.05) is 78.9 Å². The standard InChI is InChI=1S/C29H18N6/c1-35-27(21-34)29(23-13-7-3-8-14-23)25(18-31)16-10-4-9-15-24(17-30)28(26(19-32)20-33)22-11-5-2-6-12-22/h2-16,19,26,32H. The fourth-order valence-corrected chi connectivity index (χ4v) is 3.20. The molecule has 0 aliphatic rings. The van der Waals surface area contributed by atoms with E-state index in [9.17, 15) is 21.0 Å². The molecule has 1 N–H and O–H groups in total. The Morgan fingerprint density at radius 2 is 1.46 bits per heavy atom. The lowest BCUT2D eigenvalue weighted by molar-refractivity contribution is 1.17. The van der Waals surface area contributed by atoms with Crippen LogP contribution >= 0.6 is 0 Å². The van der Waals surface area contributed by atoms with E-state index in [2.05, 4.69) is 10.9 Å². The minimum absolute atomic E-state index is 0.141. The van der Waals surface area contributed by atoms with Gasteiger partial charge in [0, 0.05) is 11.8 Å². The van der Waals surface area contributed by atoms with Crippen LogP contribution in [0.15, 0.2) is 108 Å². The van der Waals surface area contributed by atoms with Gasteiger partial charge < -0.3 is 5.41 Å². The fourth-order valence-electron chi connectivity index (χ4n) is 3.20. The Kier molecular flexibility index (Phi) is 9.93. The first-order valence-corrected chi connectivity index (χ1v) is 10.3. The van der Waals surface area contributed by atoms with Crippen LogP contribution in [0, 0.1) is 63.2 Å². The molecule has 0 saturated heterocycles. The summed E-state index contributed by atoms with van der Waals surface area (Å²) < 4.78 is 0. The second-order valence-electron chi connectivity index (χ2n) is 6.83. The van der Waals surface area contributed by atoms with E-state index in [0.29, 0.717) is 16.7 Å². The first kappa shape index (κ1) is 25.5. The molecule has 0 spiro atoms. The molecule has 0 aliphatic carbocycles. The van der Waals surface area contributed by atoms with Gasteiger partial charge in [0.2, 0.25) is 0 Å². The Morgan fingerprint density at radius 3 is 1.94 bits per heavy atom. The van der Waals surface area contributed by atoms with Crippen molar-refractivity contribution < 1.29 is 0 Å². The van der Waals surface area contributed by atoms with Crippen molar-refractivity contribution in [2.75, 3.05) is 0 Å². The molecule has 0 aromatic heterocycles. The molecule has 0 bridgehead atoms. The summed E-state index contributed by atoms with van der Waals surface area (Å²) in [6.45, 7) is 7.30. The highest BCUT2D eigenvalue weighted by Gasteiger charge is 2.17. The summed E-state index contributed by atoms with van der Waals surface area (Å²) in [6.07, 6.45) is 8.74. The number of allylic oxidation sites excluding steroid dienone is 10. The Labute approximate surface area is 204 Å². The zero-order chi connectivity index (χ0) is 25.5. The molecule has 0 fully saturated rings. The lowest BCUT2D eigenvalue weighted by atomic mass is 9.90. The molecule has 164 valence electrons. The van der Waals surface area contributed by atoms with Gasteiger partial charge in [0.25, 0.3) is 5.70 Å². The van der Waals surface area contributed by atoms with Crippen molar-refractivity contribution >= 4 is 17.4 Å². The van der Waals surface area contributed by atoms with E-state index in [4.69, 9.17) is 12.0 Å². The summed E-state index contributed by atoms with van der Waals surface area (Å²) in [5, 5.41) is 45.8. The second kappa shape index (κ2) is 13.6. The van der Waals surface area contributed by atoms with Crippen LogP contribution in [0.2, 0.25) is 0 Å². The number of hydrogen-bond acceptors (Lipinski definition) is 5. The van der Waals surface area contributed by atoms with E-state index in [0.717, 1.165) is 6.21 Å². The summed E-state index contributed by atoms with van der Waals surface area (Å²) in [6, 6.07) is 25.7. The van der Waals surface area contributed by atoms with Crippen LogP contribution in [0.5, 0.6) is 0 Å². The van der Waals surface area contributed by atoms with Gasteiger partial charge in [0.15, 0.2) is 0 Å². The molecule has 2 rings (SSSR count). The SMILES string of the molecule is [C-]#[N+]C(C#N)=C(C(C#N)=CC=CC=CC(C#N)=C(c1ccccc1)C(C#N)C=N)c1ccccc1. The van der Waals surface area contributed by atoms with Gasteiger partial charge in [-0.25, -0.2) is 10.1 Å². The molecule has 0 aliphatic heterocycles. The molecule has 1 unspecified atom stereocenters. The van der Waals surface area contributed by atoms with Crippen molar-refractivity contribution in [2.45, 2.75) is 0 Å². The van der Waals surface area contributed by atoms with Crippen molar-refractivity contribution in [3.63, 3.8) is 0 Å². The highest BCUT2D eigenvalue weighted by Crippen LogP contribution is 2.28. The molecule has 0 saturated carbocycles. The molecular formula is C29H18N6. The van der Waals surface area contributed by atoms with Gasteiger partial charge >= 0.3 is 0 Å². The molecule has 2 aromatic carbocycles. The quantitative estimate of drug-likeness (QED) is 0.223. The predicted molar refractivity (Wildman–Crippen MR) is 134 cm³/mol. The molecule has 6 nitrogen and oxygen atoms in total. The van der Waals surface area contributed by atoms with Crippen molar-refractivity contribution in [3.05, 3.63) is 130 Å². The average Bonchev–Trinajstić information content (AvgIpc) is 2.92. The van der Waals surface area contributed by atoms with E-state index in [1.54, 1.807) is 72.8 Å². The molecule has 0 amide bonds. The molecule has 1 atom stereocenters. The van der Waals surface area contributed by atoms with E-state index >= 15 is 0 Å². The van der Waals surface area contributed by atoms with E-state index in [1.807, 2.05) is 24.3 Å². The van der Waals surface area contributed by atoms with Gasteiger partial charge in [-0.2, -0.15) is 15.8 Å². The highest BCUT2D eigenvalue weighted by atomic mass is 14.7. The van der Waals surface area contributed by atoms with E-state index in [1.165, 1.54) is 12.2 Å². The van der Waals surface area contributed by atoms with Crippen molar-refractivity contribution in [3.8, 4) is 24.3 Å². The lowest BCUT2D eigenvalue weighted by Crippen LogP contribution is -2.04. The summed E-state index contributed by atoms with van der Waals surface area (Å²) in [5.41, 5.74) is 2.09. The number of rotatable bonds is 8. The van der Waals surface area contributed by atoms with Crippen LogP contribution in [-0.4, -0.2) is 6.21 Å². The van der Waals surface area contributed by atoms with Crippen molar-refractivity contribution in [1.29, 1.82) is 26.5 Å². The minimum Gasteiger partial charge on any atom is -0.311 e. The largest absolute Gasteiger partial charge is 0.311 e. The summed E-state index contributed by atoms with van der Waals surface area (Å²) in [5.74, 6) is -0.887. The summed E-state index contributed by atoms with van der Waals surface area (Å²) >= 11 is 0. The minimum atomic E-state index is -0.887. The summed E-state index contributed by atoms with van der Waals surface area (Å²) in [7, 11) is 0. The van der Waals surface area contributed by atoms with E-state index in [-0.39, 0.29) is 22.4 Å². The smallest absolute Gasteiger partial charge is 0.270 e.